The Bertz CT molecular complexity index is 191. The summed E-state index contributed by atoms with van der Waals surface area (Å²) in [6.07, 6.45) is -0.290. The number of carbonyl (C=O) groups excluding carboxylic acids is 2. The molecule has 0 fully saturated rings. The minimum absolute atomic E-state index is 0.290. The van der Waals surface area contributed by atoms with Crippen LogP contribution in [0.3, 0.4) is 0 Å². The van der Waals surface area contributed by atoms with Crippen LogP contribution < -0.4 is 0 Å². The molecule has 0 bridgehead atoms. The molecule has 0 rings (SSSR count). The number of carboxylic acid groups (broad SMARTS) is 1. The fourth-order valence-electron chi connectivity index (χ4n) is 0.542. The highest BCUT2D eigenvalue weighted by Gasteiger charge is 2.09. The number of hydrogen-bond acceptors (Lipinski definition) is 5. The van der Waals surface area contributed by atoms with E-state index >= 15 is 0 Å². The van der Waals surface area contributed by atoms with Gasteiger partial charge in [-0.3, -0.25) is 14.4 Å². The fraction of sp³-hybridized carbons (Fsp3) is 0.667. The van der Waals surface area contributed by atoms with Gasteiger partial charge in [-0.05, 0) is 13.8 Å². The minimum atomic E-state index is -0.833. The van der Waals surface area contributed by atoms with Crippen LogP contribution in [0.25, 0.3) is 0 Å². The van der Waals surface area contributed by atoms with Gasteiger partial charge < -0.3 is 14.6 Å². The Morgan fingerprint density at radius 3 is 1.47 bits per heavy atom. The van der Waals surface area contributed by atoms with Gasteiger partial charge in [-0.15, -0.1) is 0 Å². The van der Waals surface area contributed by atoms with Gasteiger partial charge in [-0.1, -0.05) is 0 Å². The number of aliphatic carboxylic acids is 1. The van der Waals surface area contributed by atoms with Crippen LogP contribution in [0.2, 0.25) is 0 Å². The summed E-state index contributed by atoms with van der Waals surface area (Å²) in [5, 5.41) is 7.42. The Morgan fingerprint density at radius 1 is 1.00 bits per heavy atom. The molecule has 0 atom stereocenters. The predicted molar refractivity (Wildman–Crippen MR) is 51.2 cm³/mol. The number of rotatable bonds is 4. The molecule has 15 heavy (non-hydrogen) atoms. The Labute approximate surface area is 88.2 Å². The second kappa shape index (κ2) is 10.5. The topological polar surface area (TPSA) is 89.9 Å². The van der Waals surface area contributed by atoms with E-state index in [0.29, 0.717) is 0 Å². The van der Waals surface area contributed by atoms with Crippen molar-refractivity contribution in [2.75, 3.05) is 13.2 Å². The van der Waals surface area contributed by atoms with E-state index in [-0.39, 0.29) is 19.6 Å². The second-order valence-corrected chi connectivity index (χ2v) is 2.31. The third-order valence-electron chi connectivity index (χ3n) is 0.899. The van der Waals surface area contributed by atoms with Gasteiger partial charge in [0.25, 0.3) is 5.97 Å². The molecule has 6 heteroatoms. The summed E-state index contributed by atoms with van der Waals surface area (Å²) in [7, 11) is 0. The monoisotopic (exact) mass is 220 g/mol. The third kappa shape index (κ3) is 19.0. The maximum atomic E-state index is 10.6. The second-order valence-electron chi connectivity index (χ2n) is 2.31. The summed E-state index contributed by atoms with van der Waals surface area (Å²) in [6.45, 7) is 5.03. The molecule has 0 radical (unpaired) electrons. The molecular formula is C9H16O6. The standard InChI is InChI=1S/C7H12O4.C2H4O2/c1-3-10-6(8)5-7(9)11-4-2;1-2(3)4/h3-5H2,1-2H3;1H3,(H,3,4). The van der Waals surface area contributed by atoms with E-state index in [2.05, 4.69) is 9.47 Å². The summed E-state index contributed by atoms with van der Waals surface area (Å²) in [4.78, 5) is 30.2. The molecule has 0 aliphatic carbocycles. The first kappa shape index (κ1) is 15.9. The van der Waals surface area contributed by atoms with Crippen LogP contribution in [0.1, 0.15) is 27.2 Å². The first-order valence-electron chi connectivity index (χ1n) is 4.44. The molecule has 0 aromatic heterocycles. The van der Waals surface area contributed by atoms with Gasteiger partial charge >= 0.3 is 11.9 Å². The lowest BCUT2D eigenvalue weighted by molar-refractivity contribution is -0.154. The molecule has 0 aromatic rings. The quantitative estimate of drug-likeness (QED) is 0.551. The van der Waals surface area contributed by atoms with Gasteiger partial charge in [0.2, 0.25) is 0 Å². The van der Waals surface area contributed by atoms with Gasteiger partial charge in [0.05, 0.1) is 13.2 Å². The Balaban J connectivity index is 0. The minimum Gasteiger partial charge on any atom is -0.481 e. The van der Waals surface area contributed by atoms with Crippen molar-refractivity contribution in [1.29, 1.82) is 0 Å². The molecular weight excluding hydrogens is 204 g/mol. The van der Waals surface area contributed by atoms with Crippen molar-refractivity contribution in [3.05, 3.63) is 0 Å². The summed E-state index contributed by atoms with van der Waals surface area (Å²) in [6, 6.07) is 0. The van der Waals surface area contributed by atoms with Crippen LogP contribution in [0.4, 0.5) is 0 Å². The zero-order valence-electron chi connectivity index (χ0n) is 9.11. The summed E-state index contributed by atoms with van der Waals surface area (Å²) in [5.74, 6) is -1.91. The van der Waals surface area contributed by atoms with Crippen LogP contribution in [0.15, 0.2) is 0 Å². The lowest BCUT2D eigenvalue weighted by atomic mass is 10.4. The molecule has 0 aromatic carbocycles. The van der Waals surface area contributed by atoms with Gasteiger partial charge in [0, 0.05) is 6.92 Å². The van der Waals surface area contributed by atoms with Gasteiger partial charge in [0.1, 0.15) is 6.42 Å². The van der Waals surface area contributed by atoms with E-state index in [9.17, 15) is 9.59 Å². The van der Waals surface area contributed by atoms with E-state index in [0.717, 1.165) is 6.92 Å². The van der Waals surface area contributed by atoms with Crippen LogP contribution in [-0.4, -0.2) is 36.2 Å². The molecule has 0 saturated carbocycles. The van der Waals surface area contributed by atoms with Crippen molar-refractivity contribution in [2.24, 2.45) is 0 Å². The highest BCUT2D eigenvalue weighted by Crippen LogP contribution is 1.89. The highest BCUT2D eigenvalue weighted by atomic mass is 16.5. The van der Waals surface area contributed by atoms with E-state index in [1.165, 1.54) is 0 Å². The van der Waals surface area contributed by atoms with E-state index < -0.39 is 17.9 Å². The lowest BCUT2D eigenvalue weighted by Gasteiger charge is -2.00. The van der Waals surface area contributed by atoms with Gasteiger partial charge in [0.15, 0.2) is 0 Å². The van der Waals surface area contributed by atoms with Crippen molar-refractivity contribution in [1.82, 2.24) is 0 Å². The number of carboxylic acids is 1. The van der Waals surface area contributed by atoms with Crippen LogP contribution in [0, 0.1) is 0 Å². The zero-order valence-corrected chi connectivity index (χ0v) is 9.11. The normalized spacial score (nSPS) is 8.20. The summed E-state index contributed by atoms with van der Waals surface area (Å²) >= 11 is 0. The Kier molecular flexibility index (Phi) is 11.1. The van der Waals surface area contributed by atoms with E-state index in [4.69, 9.17) is 9.90 Å². The SMILES string of the molecule is CC(=O)O.CCOC(=O)CC(=O)OCC. The van der Waals surface area contributed by atoms with Gasteiger partial charge in [-0.25, -0.2) is 0 Å². The van der Waals surface area contributed by atoms with Crippen molar-refractivity contribution in [3.8, 4) is 0 Å². The average Bonchev–Trinajstić information content (AvgIpc) is 2.03. The fourth-order valence-corrected chi connectivity index (χ4v) is 0.542. The number of ether oxygens (including phenoxy) is 2. The third-order valence-corrected chi connectivity index (χ3v) is 0.899. The first-order chi connectivity index (χ1) is 6.93. The molecule has 1 N–H and O–H groups in total. The molecule has 0 aliphatic heterocycles. The van der Waals surface area contributed by atoms with Gasteiger partial charge in [-0.2, -0.15) is 0 Å². The van der Waals surface area contributed by atoms with Crippen LogP contribution in [0.5, 0.6) is 0 Å². The molecule has 6 nitrogen and oxygen atoms in total. The average molecular weight is 220 g/mol. The molecule has 88 valence electrons. The van der Waals surface area contributed by atoms with E-state index in [1.54, 1.807) is 13.8 Å². The maximum absolute atomic E-state index is 10.6. The Hall–Kier alpha value is -1.59. The summed E-state index contributed by atoms with van der Waals surface area (Å²) < 4.78 is 9.04. The Morgan fingerprint density at radius 2 is 1.27 bits per heavy atom. The van der Waals surface area contributed by atoms with E-state index in [1.807, 2.05) is 0 Å². The molecule has 0 unspecified atom stereocenters. The number of hydrogen-bond donors (Lipinski definition) is 1. The smallest absolute Gasteiger partial charge is 0.317 e. The molecule has 0 spiro atoms. The number of carbonyl (C=O) groups is 3. The molecule has 0 saturated heterocycles. The summed E-state index contributed by atoms with van der Waals surface area (Å²) in [5.41, 5.74) is 0. The largest absolute Gasteiger partial charge is 0.481 e. The van der Waals surface area contributed by atoms with Crippen molar-refractivity contribution in [2.45, 2.75) is 27.2 Å². The van der Waals surface area contributed by atoms with Crippen molar-refractivity contribution < 1.29 is 29.0 Å². The highest BCUT2D eigenvalue weighted by molar-refractivity contribution is 5.91. The lowest BCUT2D eigenvalue weighted by Crippen LogP contribution is -2.13. The van der Waals surface area contributed by atoms with Crippen LogP contribution >= 0.6 is 0 Å². The maximum Gasteiger partial charge on any atom is 0.317 e. The van der Waals surface area contributed by atoms with Crippen LogP contribution in [-0.2, 0) is 23.9 Å². The predicted octanol–water partition coefficient (Wildman–Crippen LogP) is 0.594. The molecule has 0 aliphatic rings. The molecule has 0 heterocycles. The van der Waals surface area contributed by atoms with Crippen molar-refractivity contribution >= 4 is 17.9 Å². The van der Waals surface area contributed by atoms with Crippen molar-refractivity contribution in [3.63, 3.8) is 0 Å². The number of esters is 2. The molecule has 0 amide bonds. The first-order valence-corrected chi connectivity index (χ1v) is 4.44. The zero-order chi connectivity index (χ0) is 12.3.